The first-order valence-corrected chi connectivity index (χ1v) is 7.00. The summed E-state index contributed by atoms with van der Waals surface area (Å²) in [5.74, 6) is -1.23. The molecule has 2 nitrogen and oxygen atoms in total. The van der Waals surface area contributed by atoms with Gasteiger partial charge in [0.1, 0.15) is 11.6 Å². The van der Waals surface area contributed by atoms with Gasteiger partial charge in [0.15, 0.2) is 5.11 Å². The van der Waals surface area contributed by atoms with Crippen LogP contribution in [0, 0.1) is 11.6 Å². The minimum absolute atomic E-state index is 0.0284. The standard InChI is InChI=1S/C14H18F2N2S/c1-2-14(7-3-4-8-14)18-13(19)17-12-6-5-10(15)9-11(12)16/h5-6,9H,2-4,7-8H2,1H3,(H2,17,18,19). The Morgan fingerprint density at radius 1 is 1.32 bits per heavy atom. The van der Waals surface area contributed by atoms with Crippen molar-refractivity contribution in [3.63, 3.8) is 0 Å². The SMILES string of the molecule is CCC1(NC(=S)Nc2ccc(F)cc2F)CCCC1. The third-order valence-corrected chi connectivity index (χ3v) is 4.00. The lowest BCUT2D eigenvalue weighted by Crippen LogP contribution is -2.47. The van der Waals surface area contributed by atoms with Crippen LogP contribution in [0.2, 0.25) is 0 Å². The van der Waals surface area contributed by atoms with Crippen LogP contribution in [0.4, 0.5) is 14.5 Å². The molecule has 0 unspecified atom stereocenters. The van der Waals surface area contributed by atoms with Crippen molar-refractivity contribution in [3.8, 4) is 0 Å². The highest BCUT2D eigenvalue weighted by molar-refractivity contribution is 7.80. The fourth-order valence-corrected chi connectivity index (χ4v) is 2.93. The van der Waals surface area contributed by atoms with E-state index in [0.29, 0.717) is 5.11 Å². The summed E-state index contributed by atoms with van der Waals surface area (Å²) in [7, 11) is 0. The van der Waals surface area contributed by atoms with E-state index in [0.717, 1.165) is 25.3 Å². The van der Waals surface area contributed by atoms with E-state index in [9.17, 15) is 8.78 Å². The van der Waals surface area contributed by atoms with Gasteiger partial charge in [-0.15, -0.1) is 0 Å². The van der Waals surface area contributed by atoms with E-state index in [4.69, 9.17) is 12.2 Å². The molecule has 1 fully saturated rings. The zero-order valence-electron chi connectivity index (χ0n) is 10.9. The molecule has 0 amide bonds. The Bertz CT molecular complexity index is 471. The van der Waals surface area contributed by atoms with Crippen LogP contribution in [0.3, 0.4) is 0 Å². The first-order valence-electron chi connectivity index (χ1n) is 6.59. The molecule has 2 rings (SSSR count). The highest BCUT2D eigenvalue weighted by Gasteiger charge is 2.32. The predicted molar refractivity (Wildman–Crippen MR) is 77.2 cm³/mol. The number of halogens is 2. The van der Waals surface area contributed by atoms with Crippen molar-refractivity contribution >= 4 is 23.0 Å². The van der Waals surface area contributed by atoms with E-state index in [-0.39, 0.29) is 11.2 Å². The van der Waals surface area contributed by atoms with Crippen molar-refractivity contribution < 1.29 is 8.78 Å². The number of rotatable bonds is 3. The third-order valence-electron chi connectivity index (χ3n) is 3.80. The first kappa shape index (κ1) is 14.2. The maximum absolute atomic E-state index is 13.5. The van der Waals surface area contributed by atoms with Gasteiger partial charge in [0, 0.05) is 11.6 Å². The van der Waals surface area contributed by atoms with Crippen molar-refractivity contribution in [2.24, 2.45) is 0 Å². The summed E-state index contributed by atoms with van der Waals surface area (Å²) < 4.78 is 26.3. The van der Waals surface area contributed by atoms with Crippen LogP contribution in [-0.2, 0) is 0 Å². The number of anilines is 1. The van der Waals surface area contributed by atoms with E-state index in [1.54, 1.807) is 0 Å². The Kier molecular flexibility index (Phi) is 4.34. The third kappa shape index (κ3) is 3.41. The molecule has 2 N–H and O–H groups in total. The molecule has 5 heteroatoms. The number of hydrogen-bond donors (Lipinski definition) is 2. The van der Waals surface area contributed by atoms with E-state index in [2.05, 4.69) is 17.6 Å². The molecule has 104 valence electrons. The second kappa shape index (κ2) is 5.82. The Morgan fingerprint density at radius 3 is 2.58 bits per heavy atom. The summed E-state index contributed by atoms with van der Waals surface area (Å²) in [5.41, 5.74) is 0.226. The molecule has 0 aromatic heterocycles. The van der Waals surface area contributed by atoms with Crippen molar-refractivity contribution in [1.29, 1.82) is 0 Å². The molecule has 0 atom stereocenters. The van der Waals surface area contributed by atoms with Gasteiger partial charge in [-0.2, -0.15) is 0 Å². The molecule has 1 aliphatic carbocycles. The second-order valence-electron chi connectivity index (χ2n) is 5.04. The average Bonchev–Trinajstić information content (AvgIpc) is 2.82. The Balaban J connectivity index is 2.01. The topological polar surface area (TPSA) is 24.1 Å². The summed E-state index contributed by atoms with van der Waals surface area (Å²) in [6, 6.07) is 3.40. The van der Waals surface area contributed by atoms with Crippen molar-refractivity contribution in [3.05, 3.63) is 29.8 Å². The van der Waals surface area contributed by atoms with Crippen molar-refractivity contribution in [2.75, 3.05) is 5.32 Å². The molecular formula is C14H18F2N2S. The van der Waals surface area contributed by atoms with Gasteiger partial charge in [-0.3, -0.25) is 0 Å². The van der Waals surface area contributed by atoms with E-state index >= 15 is 0 Å². The van der Waals surface area contributed by atoms with Crippen molar-refractivity contribution in [2.45, 2.75) is 44.6 Å². The van der Waals surface area contributed by atoms with Crippen LogP contribution in [0.1, 0.15) is 39.0 Å². The van der Waals surface area contributed by atoms with Crippen LogP contribution in [0.15, 0.2) is 18.2 Å². The average molecular weight is 284 g/mol. The van der Waals surface area contributed by atoms with Gasteiger partial charge >= 0.3 is 0 Å². The lowest BCUT2D eigenvalue weighted by atomic mass is 9.95. The van der Waals surface area contributed by atoms with E-state index in [1.165, 1.54) is 25.0 Å². The molecule has 0 aliphatic heterocycles. The normalized spacial score (nSPS) is 17.2. The molecular weight excluding hydrogens is 266 g/mol. The molecule has 0 spiro atoms. The molecule has 0 heterocycles. The molecule has 0 saturated heterocycles. The van der Waals surface area contributed by atoms with Crippen LogP contribution in [0.5, 0.6) is 0 Å². The van der Waals surface area contributed by atoms with E-state index in [1.807, 2.05) is 0 Å². The highest BCUT2D eigenvalue weighted by atomic mass is 32.1. The zero-order valence-corrected chi connectivity index (χ0v) is 11.7. The first-order chi connectivity index (χ1) is 9.04. The van der Waals surface area contributed by atoms with Gasteiger partial charge in [-0.05, 0) is 43.6 Å². The smallest absolute Gasteiger partial charge is 0.171 e. The highest BCUT2D eigenvalue weighted by Crippen LogP contribution is 2.32. The van der Waals surface area contributed by atoms with Gasteiger partial charge in [0.2, 0.25) is 0 Å². The summed E-state index contributed by atoms with van der Waals surface area (Å²) in [5, 5.41) is 6.49. The van der Waals surface area contributed by atoms with Crippen LogP contribution in [0.25, 0.3) is 0 Å². The van der Waals surface area contributed by atoms with Crippen LogP contribution in [-0.4, -0.2) is 10.7 Å². The Labute approximate surface area is 117 Å². The van der Waals surface area contributed by atoms with Crippen LogP contribution >= 0.6 is 12.2 Å². The van der Waals surface area contributed by atoms with Crippen LogP contribution < -0.4 is 10.6 Å². The minimum Gasteiger partial charge on any atom is -0.357 e. The fraction of sp³-hybridized carbons (Fsp3) is 0.500. The van der Waals surface area contributed by atoms with Gasteiger partial charge in [-0.25, -0.2) is 8.78 Å². The van der Waals surface area contributed by atoms with Gasteiger partial charge in [0.05, 0.1) is 5.69 Å². The fourth-order valence-electron chi connectivity index (χ4n) is 2.60. The zero-order chi connectivity index (χ0) is 13.9. The summed E-state index contributed by atoms with van der Waals surface area (Å²) in [4.78, 5) is 0. The van der Waals surface area contributed by atoms with Gasteiger partial charge in [-0.1, -0.05) is 19.8 Å². The molecule has 1 aromatic carbocycles. The van der Waals surface area contributed by atoms with Gasteiger partial charge < -0.3 is 10.6 Å². The largest absolute Gasteiger partial charge is 0.357 e. The number of benzene rings is 1. The Hall–Kier alpha value is -1.23. The quantitative estimate of drug-likeness (QED) is 0.821. The molecule has 0 radical (unpaired) electrons. The maximum Gasteiger partial charge on any atom is 0.171 e. The molecule has 1 aliphatic rings. The van der Waals surface area contributed by atoms with Gasteiger partial charge in [0.25, 0.3) is 0 Å². The number of thiocarbonyl (C=S) groups is 1. The summed E-state index contributed by atoms with van der Waals surface area (Å²) in [6.07, 6.45) is 5.53. The summed E-state index contributed by atoms with van der Waals surface area (Å²) >= 11 is 5.22. The summed E-state index contributed by atoms with van der Waals surface area (Å²) in [6.45, 7) is 2.12. The van der Waals surface area contributed by atoms with Crippen molar-refractivity contribution in [1.82, 2.24) is 5.32 Å². The lowest BCUT2D eigenvalue weighted by Gasteiger charge is -2.30. The molecule has 0 bridgehead atoms. The second-order valence-corrected chi connectivity index (χ2v) is 5.45. The lowest BCUT2D eigenvalue weighted by molar-refractivity contribution is 0.378. The predicted octanol–water partition coefficient (Wildman–Crippen LogP) is 3.97. The molecule has 1 saturated carbocycles. The Morgan fingerprint density at radius 2 is 2.00 bits per heavy atom. The van der Waals surface area contributed by atoms with E-state index < -0.39 is 11.6 Å². The minimum atomic E-state index is -0.638. The molecule has 19 heavy (non-hydrogen) atoms. The number of nitrogens with one attached hydrogen (secondary N) is 2. The maximum atomic E-state index is 13.5. The number of hydrogen-bond acceptors (Lipinski definition) is 1. The molecule has 1 aromatic rings. The monoisotopic (exact) mass is 284 g/mol.